The minimum absolute atomic E-state index is 0.161. The van der Waals surface area contributed by atoms with E-state index in [1.165, 1.54) is 7.11 Å². The summed E-state index contributed by atoms with van der Waals surface area (Å²) in [5, 5.41) is 19.6. The van der Waals surface area contributed by atoms with Gasteiger partial charge in [0.1, 0.15) is 5.75 Å². The average Bonchev–Trinajstić information content (AvgIpc) is 3.06. The predicted molar refractivity (Wildman–Crippen MR) is 109 cm³/mol. The molecule has 0 aliphatic heterocycles. The number of benzene rings is 2. The number of para-hydroxylation sites is 2. The van der Waals surface area contributed by atoms with E-state index in [0.29, 0.717) is 22.7 Å². The molecule has 0 bridgehead atoms. The van der Waals surface area contributed by atoms with Crippen LogP contribution in [0.4, 0.5) is 5.69 Å². The van der Waals surface area contributed by atoms with Crippen molar-refractivity contribution in [1.82, 2.24) is 10.2 Å². The van der Waals surface area contributed by atoms with Gasteiger partial charge in [0.25, 0.3) is 5.56 Å². The molecule has 3 atom stereocenters. The molecule has 4 N–H and O–H groups in total. The number of carbonyl (C=O) groups excluding carboxylic acids is 1. The van der Waals surface area contributed by atoms with Crippen LogP contribution < -0.4 is 15.6 Å². The standard InChI is InChI=1S/C22H23N3O4/c1-22(28)12-15-18(20(26)25-24-15)17(13-8-4-3-5-9-13)19(22)21(27)23-14-10-6-7-11-16(14)29-2/h3-11,17,19,28H,12H2,1-2H3,(H,23,27)(H2,24,25,26)/t17-,19-,22+/m1/s1. The fraction of sp³-hybridized carbons (Fsp3) is 0.273. The molecule has 4 rings (SSSR count). The molecule has 1 aliphatic carbocycles. The molecule has 0 saturated heterocycles. The number of hydrogen-bond donors (Lipinski definition) is 4. The first-order valence-electron chi connectivity index (χ1n) is 9.43. The number of fused-ring (bicyclic) bond motifs is 1. The molecule has 0 spiro atoms. The Labute approximate surface area is 167 Å². The van der Waals surface area contributed by atoms with Crippen molar-refractivity contribution in [2.75, 3.05) is 12.4 Å². The molecule has 3 aromatic rings. The molecule has 7 heteroatoms. The van der Waals surface area contributed by atoms with Gasteiger partial charge in [-0.15, -0.1) is 0 Å². The van der Waals surface area contributed by atoms with E-state index >= 15 is 0 Å². The van der Waals surface area contributed by atoms with Crippen molar-refractivity contribution in [3.63, 3.8) is 0 Å². The highest BCUT2D eigenvalue weighted by atomic mass is 16.5. The lowest BCUT2D eigenvalue weighted by atomic mass is 9.66. The molecular weight excluding hydrogens is 370 g/mol. The Balaban J connectivity index is 1.81. The van der Waals surface area contributed by atoms with Crippen molar-refractivity contribution < 1.29 is 14.6 Å². The summed E-state index contributed by atoms with van der Waals surface area (Å²) in [6.45, 7) is 1.63. The summed E-state index contributed by atoms with van der Waals surface area (Å²) >= 11 is 0. The lowest BCUT2D eigenvalue weighted by molar-refractivity contribution is -0.130. The van der Waals surface area contributed by atoms with Crippen molar-refractivity contribution in [2.45, 2.75) is 24.9 Å². The minimum atomic E-state index is -1.37. The van der Waals surface area contributed by atoms with Gasteiger partial charge in [-0.2, -0.15) is 0 Å². The second kappa shape index (κ2) is 7.25. The van der Waals surface area contributed by atoms with Gasteiger partial charge in [0.05, 0.1) is 24.3 Å². The van der Waals surface area contributed by atoms with Gasteiger partial charge in [-0.1, -0.05) is 42.5 Å². The van der Waals surface area contributed by atoms with Crippen LogP contribution in [0.2, 0.25) is 0 Å². The third-order valence-corrected chi connectivity index (χ3v) is 5.55. The van der Waals surface area contributed by atoms with Crippen LogP contribution in [0.25, 0.3) is 0 Å². The zero-order chi connectivity index (χ0) is 20.6. The van der Waals surface area contributed by atoms with Gasteiger partial charge < -0.3 is 20.3 Å². The first-order chi connectivity index (χ1) is 13.9. The maximum atomic E-state index is 13.4. The summed E-state index contributed by atoms with van der Waals surface area (Å²) in [5.41, 5.74) is 0.762. The Hall–Kier alpha value is -3.32. The van der Waals surface area contributed by atoms with Gasteiger partial charge in [0.2, 0.25) is 5.91 Å². The minimum Gasteiger partial charge on any atom is -0.495 e. The van der Waals surface area contributed by atoms with E-state index in [-0.39, 0.29) is 17.9 Å². The largest absolute Gasteiger partial charge is 0.495 e. The highest BCUT2D eigenvalue weighted by Crippen LogP contribution is 2.44. The summed E-state index contributed by atoms with van der Waals surface area (Å²) < 4.78 is 5.32. The number of anilines is 1. The van der Waals surface area contributed by atoms with Crippen LogP contribution in [0, 0.1) is 5.92 Å². The molecule has 7 nitrogen and oxygen atoms in total. The first kappa shape index (κ1) is 19.0. The van der Waals surface area contributed by atoms with Crippen molar-refractivity contribution in [1.29, 1.82) is 0 Å². The third kappa shape index (κ3) is 3.34. The van der Waals surface area contributed by atoms with Crippen LogP contribution in [-0.2, 0) is 11.2 Å². The summed E-state index contributed by atoms with van der Waals surface area (Å²) in [6, 6.07) is 16.4. The molecule has 1 heterocycles. The first-order valence-corrected chi connectivity index (χ1v) is 9.43. The van der Waals surface area contributed by atoms with E-state index < -0.39 is 17.4 Å². The molecule has 0 unspecified atom stereocenters. The number of amides is 1. The third-order valence-electron chi connectivity index (χ3n) is 5.55. The quantitative estimate of drug-likeness (QED) is 0.546. The van der Waals surface area contributed by atoms with E-state index in [1.54, 1.807) is 25.1 Å². The molecule has 1 aromatic heterocycles. The van der Waals surface area contributed by atoms with Crippen LogP contribution in [0.15, 0.2) is 59.4 Å². The van der Waals surface area contributed by atoms with Crippen LogP contribution in [-0.4, -0.2) is 33.9 Å². The van der Waals surface area contributed by atoms with E-state index in [9.17, 15) is 14.7 Å². The number of rotatable bonds is 4. The molecule has 0 saturated carbocycles. The Bertz CT molecular complexity index is 1080. The topological polar surface area (TPSA) is 107 Å². The maximum absolute atomic E-state index is 13.4. The van der Waals surface area contributed by atoms with Gasteiger partial charge in [0.15, 0.2) is 0 Å². The Morgan fingerprint density at radius 2 is 1.83 bits per heavy atom. The van der Waals surface area contributed by atoms with Crippen LogP contribution in [0.1, 0.15) is 29.7 Å². The van der Waals surface area contributed by atoms with Gasteiger partial charge in [0, 0.05) is 23.6 Å². The fourth-order valence-electron chi connectivity index (χ4n) is 4.28. The van der Waals surface area contributed by atoms with E-state index in [4.69, 9.17) is 4.74 Å². The molecule has 1 amide bonds. The Morgan fingerprint density at radius 1 is 1.14 bits per heavy atom. The average molecular weight is 393 g/mol. The highest BCUT2D eigenvalue weighted by molar-refractivity contribution is 5.96. The Kier molecular flexibility index (Phi) is 4.76. The van der Waals surface area contributed by atoms with Crippen molar-refractivity contribution in [3.8, 4) is 5.75 Å². The molecule has 0 radical (unpaired) electrons. The van der Waals surface area contributed by atoms with Crippen molar-refractivity contribution >= 4 is 11.6 Å². The van der Waals surface area contributed by atoms with Gasteiger partial charge in [-0.25, -0.2) is 0 Å². The normalized spacial score (nSPS) is 23.3. The van der Waals surface area contributed by atoms with Gasteiger partial charge >= 0.3 is 0 Å². The Morgan fingerprint density at radius 3 is 2.55 bits per heavy atom. The number of nitrogens with one attached hydrogen (secondary N) is 3. The van der Waals surface area contributed by atoms with Gasteiger partial charge in [-0.05, 0) is 24.6 Å². The number of carbonyl (C=O) groups is 1. The van der Waals surface area contributed by atoms with Gasteiger partial charge in [-0.3, -0.25) is 14.7 Å². The van der Waals surface area contributed by atoms with E-state index in [0.717, 1.165) is 5.56 Å². The van der Waals surface area contributed by atoms with E-state index in [1.807, 2.05) is 36.4 Å². The number of aromatic amines is 2. The monoisotopic (exact) mass is 393 g/mol. The van der Waals surface area contributed by atoms with Crippen LogP contribution in [0.5, 0.6) is 5.75 Å². The SMILES string of the molecule is COc1ccccc1NC(=O)[C@H]1[C@H](c2ccccc2)c2c([nH][nH]c2=O)C[C@]1(C)O. The molecule has 0 fully saturated rings. The predicted octanol–water partition coefficient (Wildman–Crippen LogP) is 2.41. The lowest BCUT2D eigenvalue weighted by Crippen LogP contribution is -2.51. The summed E-state index contributed by atoms with van der Waals surface area (Å²) in [7, 11) is 1.53. The summed E-state index contributed by atoms with van der Waals surface area (Å²) in [5.74, 6) is -1.33. The number of methoxy groups -OCH3 is 1. The molecule has 1 aliphatic rings. The number of ether oxygens (including phenoxy) is 1. The fourth-order valence-corrected chi connectivity index (χ4v) is 4.28. The maximum Gasteiger partial charge on any atom is 0.267 e. The molecule has 150 valence electrons. The number of aromatic nitrogens is 2. The van der Waals surface area contributed by atoms with Crippen LogP contribution in [0.3, 0.4) is 0 Å². The number of aliphatic hydroxyl groups is 1. The zero-order valence-corrected chi connectivity index (χ0v) is 16.2. The number of H-pyrrole nitrogens is 2. The zero-order valence-electron chi connectivity index (χ0n) is 16.2. The number of hydrogen-bond acceptors (Lipinski definition) is 4. The molecular formula is C22H23N3O4. The molecule has 2 aromatic carbocycles. The lowest BCUT2D eigenvalue weighted by Gasteiger charge is -2.41. The smallest absolute Gasteiger partial charge is 0.267 e. The molecule has 29 heavy (non-hydrogen) atoms. The second-order valence-electron chi connectivity index (χ2n) is 7.56. The van der Waals surface area contributed by atoms with Crippen molar-refractivity contribution in [2.24, 2.45) is 5.92 Å². The van der Waals surface area contributed by atoms with Crippen LogP contribution >= 0.6 is 0 Å². The van der Waals surface area contributed by atoms with Crippen molar-refractivity contribution in [3.05, 3.63) is 81.8 Å². The second-order valence-corrected chi connectivity index (χ2v) is 7.56. The van der Waals surface area contributed by atoms with E-state index in [2.05, 4.69) is 15.5 Å². The highest BCUT2D eigenvalue weighted by Gasteiger charge is 2.50. The summed E-state index contributed by atoms with van der Waals surface area (Å²) in [4.78, 5) is 26.0. The summed E-state index contributed by atoms with van der Waals surface area (Å²) in [6.07, 6.45) is 0.161.